The zero-order valence-corrected chi connectivity index (χ0v) is 10.1. The Bertz CT molecular complexity index is 233. The molecule has 16 heavy (non-hydrogen) atoms. The van der Waals surface area contributed by atoms with E-state index in [0.717, 1.165) is 19.5 Å². The molecule has 5 nitrogen and oxygen atoms in total. The molecule has 3 atom stereocenters. The molecule has 2 amide bonds. The largest absolute Gasteiger partial charge is 0.392 e. The number of rotatable bonds is 3. The number of nitrogens with zero attached hydrogens (tertiary/aromatic N) is 1. The molecule has 5 heteroatoms. The molecule has 0 aromatic rings. The van der Waals surface area contributed by atoms with E-state index in [2.05, 4.69) is 12.2 Å². The predicted octanol–water partition coefficient (Wildman–Crippen LogP) is 0.136. The number of aliphatic hydroxyl groups is 1. The van der Waals surface area contributed by atoms with Crippen LogP contribution >= 0.6 is 0 Å². The second kappa shape index (κ2) is 6.06. The van der Waals surface area contributed by atoms with Crippen LogP contribution in [0.4, 0.5) is 4.79 Å². The van der Waals surface area contributed by atoms with Crippen molar-refractivity contribution in [3.63, 3.8) is 0 Å². The van der Waals surface area contributed by atoms with Crippen molar-refractivity contribution in [2.75, 3.05) is 19.6 Å². The quantitative estimate of drug-likeness (QED) is 0.644. The minimum atomic E-state index is -0.597. The molecule has 4 N–H and O–H groups in total. The number of nitrogens with two attached hydrogens (primary N) is 1. The minimum Gasteiger partial charge on any atom is -0.392 e. The van der Waals surface area contributed by atoms with E-state index in [1.54, 1.807) is 6.92 Å². The van der Waals surface area contributed by atoms with Crippen molar-refractivity contribution in [3.8, 4) is 0 Å². The van der Waals surface area contributed by atoms with Crippen LogP contribution in [0.3, 0.4) is 0 Å². The first kappa shape index (κ1) is 13.3. The van der Waals surface area contributed by atoms with Crippen LogP contribution in [-0.2, 0) is 0 Å². The fraction of sp³-hybridized carbons (Fsp3) is 0.909. The van der Waals surface area contributed by atoms with E-state index >= 15 is 0 Å². The number of amides is 2. The molecule has 1 heterocycles. The number of carbonyl (C=O) groups excluding carboxylic acids is 1. The Morgan fingerprint density at radius 3 is 2.94 bits per heavy atom. The van der Waals surface area contributed by atoms with Gasteiger partial charge in [0.05, 0.1) is 6.10 Å². The van der Waals surface area contributed by atoms with Gasteiger partial charge in [-0.05, 0) is 25.7 Å². The van der Waals surface area contributed by atoms with Gasteiger partial charge in [-0.1, -0.05) is 6.92 Å². The number of nitrogens with one attached hydrogen (secondary N) is 1. The molecule has 1 rings (SSSR count). The summed E-state index contributed by atoms with van der Waals surface area (Å²) >= 11 is 0. The summed E-state index contributed by atoms with van der Waals surface area (Å²) < 4.78 is 0. The van der Waals surface area contributed by atoms with E-state index in [1.165, 1.54) is 6.42 Å². The van der Waals surface area contributed by atoms with Crippen LogP contribution in [0.1, 0.15) is 26.7 Å². The van der Waals surface area contributed by atoms with Crippen molar-refractivity contribution in [1.82, 2.24) is 10.2 Å². The summed E-state index contributed by atoms with van der Waals surface area (Å²) in [5.41, 5.74) is 5.64. The Labute approximate surface area is 97.0 Å². The molecular formula is C11H23N3O2. The monoisotopic (exact) mass is 229 g/mol. The SMILES string of the molecule is CC1CCCN(C(=O)NCC(N)C(C)O)C1. The van der Waals surface area contributed by atoms with Gasteiger partial charge in [0.1, 0.15) is 0 Å². The van der Waals surface area contributed by atoms with Crippen LogP contribution in [-0.4, -0.2) is 47.8 Å². The van der Waals surface area contributed by atoms with Crippen LogP contribution in [0.5, 0.6) is 0 Å². The van der Waals surface area contributed by atoms with Crippen LogP contribution in [0.15, 0.2) is 0 Å². The van der Waals surface area contributed by atoms with Gasteiger partial charge in [0.15, 0.2) is 0 Å². The Kier molecular flexibility index (Phi) is 5.02. The normalized spacial score (nSPS) is 25.0. The van der Waals surface area contributed by atoms with Gasteiger partial charge in [-0.15, -0.1) is 0 Å². The van der Waals surface area contributed by atoms with Crippen molar-refractivity contribution in [2.24, 2.45) is 11.7 Å². The van der Waals surface area contributed by atoms with E-state index in [9.17, 15) is 9.90 Å². The fourth-order valence-corrected chi connectivity index (χ4v) is 1.86. The van der Waals surface area contributed by atoms with Gasteiger partial charge in [0.2, 0.25) is 0 Å². The van der Waals surface area contributed by atoms with E-state index in [1.807, 2.05) is 4.90 Å². The van der Waals surface area contributed by atoms with Crippen molar-refractivity contribution in [1.29, 1.82) is 0 Å². The number of hydrogen-bond donors (Lipinski definition) is 3. The topological polar surface area (TPSA) is 78.6 Å². The maximum Gasteiger partial charge on any atom is 0.317 e. The average molecular weight is 229 g/mol. The highest BCUT2D eigenvalue weighted by Gasteiger charge is 2.21. The first-order valence-corrected chi connectivity index (χ1v) is 5.97. The highest BCUT2D eigenvalue weighted by molar-refractivity contribution is 5.74. The van der Waals surface area contributed by atoms with Gasteiger partial charge in [-0.2, -0.15) is 0 Å². The molecule has 3 unspecified atom stereocenters. The summed E-state index contributed by atoms with van der Waals surface area (Å²) in [6.07, 6.45) is 1.66. The van der Waals surface area contributed by atoms with E-state index < -0.39 is 12.1 Å². The zero-order chi connectivity index (χ0) is 12.1. The van der Waals surface area contributed by atoms with E-state index in [0.29, 0.717) is 12.5 Å². The molecule has 1 saturated heterocycles. The first-order chi connectivity index (χ1) is 7.50. The predicted molar refractivity (Wildman–Crippen MR) is 63.0 cm³/mol. The summed E-state index contributed by atoms with van der Waals surface area (Å²) in [5.74, 6) is 0.574. The third-order valence-electron chi connectivity index (χ3n) is 3.05. The summed E-state index contributed by atoms with van der Waals surface area (Å²) in [6.45, 7) is 5.73. The molecule has 0 aromatic carbocycles. The summed E-state index contributed by atoms with van der Waals surface area (Å²) in [5, 5.41) is 12.0. The molecule has 0 aliphatic carbocycles. The Hall–Kier alpha value is -0.810. The van der Waals surface area contributed by atoms with Gasteiger partial charge in [-0.3, -0.25) is 0 Å². The summed E-state index contributed by atoms with van der Waals surface area (Å²) in [4.78, 5) is 13.6. The fourth-order valence-electron chi connectivity index (χ4n) is 1.86. The third kappa shape index (κ3) is 3.98. The van der Waals surface area contributed by atoms with Gasteiger partial charge >= 0.3 is 6.03 Å². The Morgan fingerprint density at radius 1 is 1.69 bits per heavy atom. The standard InChI is InChI=1S/C11H23N3O2/c1-8-4-3-5-14(7-8)11(16)13-6-10(12)9(2)15/h8-10,15H,3-7,12H2,1-2H3,(H,13,16). The molecule has 94 valence electrons. The molecular weight excluding hydrogens is 206 g/mol. The molecule has 0 spiro atoms. The third-order valence-corrected chi connectivity index (χ3v) is 3.05. The first-order valence-electron chi connectivity index (χ1n) is 5.97. The van der Waals surface area contributed by atoms with Crippen LogP contribution in [0.25, 0.3) is 0 Å². The lowest BCUT2D eigenvalue weighted by molar-refractivity contribution is 0.151. The van der Waals surface area contributed by atoms with Gasteiger partial charge < -0.3 is 21.1 Å². The van der Waals surface area contributed by atoms with Gasteiger partial charge in [-0.25, -0.2) is 4.79 Å². The molecule has 1 fully saturated rings. The number of aliphatic hydroxyl groups excluding tert-OH is 1. The maximum atomic E-state index is 11.7. The number of carbonyl (C=O) groups is 1. The lowest BCUT2D eigenvalue weighted by Crippen LogP contribution is -2.50. The number of urea groups is 1. The van der Waals surface area contributed by atoms with E-state index in [-0.39, 0.29) is 6.03 Å². The van der Waals surface area contributed by atoms with Crippen molar-refractivity contribution in [2.45, 2.75) is 38.8 Å². The number of hydrogen-bond acceptors (Lipinski definition) is 3. The molecule has 0 radical (unpaired) electrons. The van der Waals surface area contributed by atoms with Crippen molar-refractivity contribution < 1.29 is 9.90 Å². The zero-order valence-electron chi connectivity index (χ0n) is 10.1. The smallest absolute Gasteiger partial charge is 0.317 e. The molecule has 0 bridgehead atoms. The van der Waals surface area contributed by atoms with Gasteiger partial charge in [0.25, 0.3) is 0 Å². The van der Waals surface area contributed by atoms with Crippen LogP contribution in [0, 0.1) is 5.92 Å². The summed E-state index contributed by atoms with van der Waals surface area (Å²) in [7, 11) is 0. The highest BCUT2D eigenvalue weighted by atomic mass is 16.3. The second-order valence-electron chi connectivity index (χ2n) is 4.78. The molecule has 1 aliphatic heterocycles. The molecule has 0 aromatic heterocycles. The van der Waals surface area contributed by atoms with Crippen molar-refractivity contribution >= 4 is 6.03 Å². The number of likely N-dealkylation sites (tertiary alicyclic amines) is 1. The molecule has 0 saturated carbocycles. The highest BCUT2D eigenvalue weighted by Crippen LogP contribution is 2.15. The number of piperidine rings is 1. The lowest BCUT2D eigenvalue weighted by atomic mass is 10.0. The summed E-state index contributed by atoms with van der Waals surface area (Å²) in [6, 6.07) is -0.464. The Morgan fingerprint density at radius 2 is 2.38 bits per heavy atom. The van der Waals surface area contributed by atoms with Crippen molar-refractivity contribution in [3.05, 3.63) is 0 Å². The second-order valence-corrected chi connectivity index (χ2v) is 4.78. The lowest BCUT2D eigenvalue weighted by Gasteiger charge is -2.31. The average Bonchev–Trinajstić information content (AvgIpc) is 2.25. The van der Waals surface area contributed by atoms with E-state index in [4.69, 9.17) is 5.73 Å². The Balaban J connectivity index is 2.29. The van der Waals surface area contributed by atoms with Crippen LogP contribution < -0.4 is 11.1 Å². The molecule has 1 aliphatic rings. The van der Waals surface area contributed by atoms with Crippen LogP contribution in [0.2, 0.25) is 0 Å². The van der Waals surface area contributed by atoms with Gasteiger partial charge in [0, 0.05) is 25.7 Å². The maximum absolute atomic E-state index is 11.7. The minimum absolute atomic E-state index is 0.0670.